The number of amides is 2. The van der Waals surface area contributed by atoms with E-state index in [4.69, 9.17) is 0 Å². The highest BCUT2D eigenvalue weighted by Crippen LogP contribution is 2.24. The van der Waals surface area contributed by atoms with Gasteiger partial charge in [0.05, 0.1) is 5.69 Å². The van der Waals surface area contributed by atoms with Gasteiger partial charge in [-0.3, -0.25) is 14.6 Å². The summed E-state index contributed by atoms with van der Waals surface area (Å²) in [5.41, 5.74) is 2.36. The van der Waals surface area contributed by atoms with Crippen molar-refractivity contribution in [2.75, 3.05) is 6.54 Å². The van der Waals surface area contributed by atoms with Crippen molar-refractivity contribution < 1.29 is 9.59 Å². The zero-order chi connectivity index (χ0) is 18.6. The molecule has 5 nitrogen and oxygen atoms in total. The summed E-state index contributed by atoms with van der Waals surface area (Å²) in [6.07, 6.45) is 7.82. The van der Waals surface area contributed by atoms with Crippen molar-refractivity contribution in [1.29, 1.82) is 0 Å². The average Bonchev–Trinajstić information content (AvgIpc) is 3.40. The number of hydrogen-bond acceptors (Lipinski definition) is 3. The number of aromatic nitrogens is 1. The second-order valence-electron chi connectivity index (χ2n) is 7.44. The maximum absolute atomic E-state index is 13.1. The highest BCUT2D eigenvalue weighted by molar-refractivity contribution is 5.98. The molecule has 1 aromatic carbocycles. The van der Waals surface area contributed by atoms with Crippen LogP contribution in [0.5, 0.6) is 0 Å². The maximum Gasteiger partial charge on any atom is 0.254 e. The first-order valence-electron chi connectivity index (χ1n) is 9.85. The van der Waals surface area contributed by atoms with Crippen LogP contribution in [0.3, 0.4) is 0 Å². The van der Waals surface area contributed by atoms with Gasteiger partial charge in [-0.05, 0) is 49.9 Å². The molecule has 1 unspecified atom stereocenters. The standard InChI is InChI=1S/C22H25N3O2/c26-21(24-18-9-1-2-10-18)20-12-6-14-25(20)22(27)17-8-5-7-16(15-17)19-11-3-4-13-23-19/h3-5,7-8,11,13,15,18,20H,1-2,6,9-10,12,14H2,(H,24,26). The van der Waals surface area contributed by atoms with Crippen LogP contribution < -0.4 is 5.32 Å². The summed E-state index contributed by atoms with van der Waals surface area (Å²) in [4.78, 5) is 31.9. The van der Waals surface area contributed by atoms with Gasteiger partial charge in [0.2, 0.25) is 5.91 Å². The second kappa shape index (κ2) is 7.91. The Kier molecular flexibility index (Phi) is 5.19. The summed E-state index contributed by atoms with van der Waals surface area (Å²) >= 11 is 0. The Morgan fingerprint density at radius 3 is 2.63 bits per heavy atom. The van der Waals surface area contributed by atoms with Crippen molar-refractivity contribution in [2.24, 2.45) is 0 Å². The zero-order valence-electron chi connectivity index (χ0n) is 15.4. The van der Waals surface area contributed by atoms with Crippen LogP contribution in [-0.4, -0.2) is 40.3 Å². The summed E-state index contributed by atoms with van der Waals surface area (Å²) in [7, 11) is 0. The third kappa shape index (κ3) is 3.87. The number of hydrogen-bond donors (Lipinski definition) is 1. The number of pyridine rings is 1. The Morgan fingerprint density at radius 2 is 1.85 bits per heavy atom. The molecule has 2 fully saturated rings. The van der Waals surface area contributed by atoms with Gasteiger partial charge in [-0.2, -0.15) is 0 Å². The first kappa shape index (κ1) is 17.7. The molecule has 1 saturated heterocycles. The van der Waals surface area contributed by atoms with E-state index in [1.165, 1.54) is 12.8 Å². The van der Waals surface area contributed by atoms with Gasteiger partial charge < -0.3 is 10.2 Å². The SMILES string of the molecule is O=C(NC1CCCC1)C1CCCN1C(=O)c1cccc(-c2ccccn2)c1. The molecule has 1 saturated carbocycles. The molecule has 4 rings (SSSR count). The van der Waals surface area contributed by atoms with Crippen LogP contribution >= 0.6 is 0 Å². The molecule has 140 valence electrons. The van der Waals surface area contributed by atoms with Crippen molar-refractivity contribution in [2.45, 2.75) is 50.6 Å². The summed E-state index contributed by atoms with van der Waals surface area (Å²) < 4.78 is 0. The van der Waals surface area contributed by atoms with E-state index in [0.29, 0.717) is 12.1 Å². The topological polar surface area (TPSA) is 62.3 Å². The molecule has 1 aliphatic carbocycles. The lowest BCUT2D eigenvalue weighted by molar-refractivity contribution is -0.125. The number of benzene rings is 1. The van der Waals surface area contributed by atoms with Crippen LogP contribution in [0.15, 0.2) is 48.7 Å². The summed E-state index contributed by atoms with van der Waals surface area (Å²) in [5.74, 6) is -0.0644. The van der Waals surface area contributed by atoms with E-state index in [2.05, 4.69) is 10.3 Å². The monoisotopic (exact) mass is 363 g/mol. The van der Waals surface area contributed by atoms with Gasteiger partial charge in [-0.1, -0.05) is 31.0 Å². The van der Waals surface area contributed by atoms with Gasteiger partial charge in [-0.25, -0.2) is 0 Å². The number of carbonyl (C=O) groups is 2. The first-order chi connectivity index (χ1) is 13.2. The molecule has 1 aromatic heterocycles. The van der Waals surface area contributed by atoms with E-state index >= 15 is 0 Å². The molecule has 2 aliphatic rings. The molecule has 2 heterocycles. The Hall–Kier alpha value is -2.69. The van der Waals surface area contributed by atoms with Crippen molar-refractivity contribution in [3.8, 4) is 11.3 Å². The van der Waals surface area contributed by atoms with E-state index in [-0.39, 0.29) is 23.9 Å². The normalized spacial score (nSPS) is 20.0. The maximum atomic E-state index is 13.1. The summed E-state index contributed by atoms with van der Waals surface area (Å²) in [6, 6.07) is 13.2. The third-order valence-electron chi connectivity index (χ3n) is 5.59. The number of nitrogens with zero attached hydrogens (tertiary/aromatic N) is 2. The van der Waals surface area contributed by atoms with Gasteiger partial charge in [0, 0.05) is 29.9 Å². The molecule has 27 heavy (non-hydrogen) atoms. The van der Waals surface area contributed by atoms with Crippen LogP contribution in [0.4, 0.5) is 0 Å². The van der Waals surface area contributed by atoms with E-state index < -0.39 is 0 Å². The van der Waals surface area contributed by atoms with Gasteiger partial charge in [-0.15, -0.1) is 0 Å². The van der Waals surface area contributed by atoms with E-state index in [1.807, 2.05) is 42.5 Å². The Labute approximate surface area is 159 Å². The lowest BCUT2D eigenvalue weighted by Gasteiger charge is -2.25. The second-order valence-corrected chi connectivity index (χ2v) is 7.44. The molecule has 0 bridgehead atoms. The number of carbonyl (C=O) groups excluding carboxylic acids is 2. The van der Waals surface area contributed by atoms with E-state index in [9.17, 15) is 9.59 Å². The van der Waals surface area contributed by atoms with Crippen molar-refractivity contribution in [1.82, 2.24) is 15.2 Å². The van der Waals surface area contributed by atoms with Gasteiger partial charge in [0.25, 0.3) is 5.91 Å². The Balaban J connectivity index is 1.50. The average molecular weight is 363 g/mol. The molecule has 2 amide bonds. The minimum atomic E-state index is -0.350. The van der Waals surface area contributed by atoms with Crippen molar-refractivity contribution >= 4 is 11.8 Å². The Bertz CT molecular complexity index is 815. The first-order valence-corrected chi connectivity index (χ1v) is 9.85. The van der Waals surface area contributed by atoms with Crippen LogP contribution in [0.1, 0.15) is 48.9 Å². The fraction of sp³-hybridized carbons (Fsp3) is 0.409. The van der Waals surface area contributed by atoms with Crippen LogP contribution in [0, 0.1) is 0 Å². The highest BCUT2D eigenvalue weighted by Gasteiger charge is 2.35. The molecular formula is C22H25N3O2. The molecule has 2 aromatic rings. The predicted molar refractivity (Wildman–Crippen MR) is 104 cm³/mol. The Morgan fingerprint density at radius 1 is 1.00 bits per heavy atom. The van der Waals surface area contributed by atoms with Crippen LogP contribution in [-0.2, 0) is 4.79 Å². The number of rotatable bonds is 4. The lowest BCUT2D eigenvalue weighted by atomic mass is 10.1. The van der Waals surface area contributed by atoms with Crippen molar-refractivity contribution in [3.63, 3.8) is 0 Å². The van der Waals surface area contributed by atoms with Gasteiger partial charge in [0.1, 0.15) is 6.04 Å². The molecule has 1 atom stereocenters. The van der Waals surface area contributed by atoms with E-state index in [0.717, 1.165) is 36.9 Å². The molecule has 1 N–H and O–H groups in total. The van der Waals surface area contributed by atoms with Gasteiger partial charge >= 0.3 is 0 Å². The predicted octanol–water partition coefficient (Wildman–Crippen LogP) is 3.41. The lowest BCUT2D eigenvalue weighted by Crippen LogP contribution is -2.48. The largest absolute Gasteiger partial charge is 0.352 e. The zero-order valence-corrected chi connectivity index (χ0v) is 15.4. The van der Waals surface area contributed by atoms with Crippen LogP contribution in [0.2, 0.25) is 0 Å². The highest BCUT2D eigenvalue weighted by atomic mass is 16.2. The molecular weight excluding hydrogens is 338 g/mol. The smallest absolute Gasteiger partial charge is 0.254 e. The quantitative estimate of drug-likeness (QED) is 0.905. The third-order valence-corrected chi connectivity index (χ3v) is 5.59. The van der Waals surface area contributed by atoms with Crippen molar-refractivity contribution in [3.05, 3.63) is 54.2 Å². The van der Waals surface area contributed by atoms with E-state index in [1.54, 1.807) is 11.1 Å². The number of likely N-dealkylation sites (tertiary alicyclic amines) is 1. The summed E-state index contributed by atoms with van der Waals surface area (Å²) in [6.45, 7) is 0.634. The fourth-order valence-corrected chi connectivity index (χ4v) is 4.16. The fourth-order valence-electron chi connectivity index (χ4n) is 4.16. The summed E-state index contributed by atoms with van der Waals surface area (Å²) in [5, 5.41) is 3.15. The number of nitrogens with one attached hydrogen (secondary N) is 1. The minimum Gasteiger partial charge on any atom is -0.352 e. The van der Waals surface area contributed by atoms with Crippen LogP contribution in [0.25, 0.3) is 11.3 Å². The molecule has 5 heteroatoms. The van der Waals surface area contributed by atoms with Gasteiger partial charge in [0.15, 0.2) is 0 Å². The molecule has 1 aliphatic heterocycles. The molecule has 0 radical (unpaired) electrons. The minimum absolute atomic E-state index is 0.00799. The molecule has 0 spiro atoms.